The maximum Gasteiger partial charge on any atom is 0.331 e. The van der Waals surface area contributed by atoms with Crippen LogP contribution in [0.25, 0.3) is 5.69 Å². The zero-order valence-corrected chi connectivity index (χ0v) is 20.2. The summed E-state index contributed by atoms with van der Waals surface area (Å²) < 4.78 is 6.87. The number of carbonyl (C=O) groups is 1. The molecule has 0 saturated heterocycles. The Hall–Kier alpha value is -4.19. The minimum atomic E-state index is -0.799. The van der Waals surface area contributed by atoms with E-state index >= 15 is 0 Å². The number of hydrogen-bond donors (Lipinski definition) is 1. The molecule has 6 nitrogen and oxygen atoms in total. The number of hydrogen-bond acceptors (Lipinski definition) is 4. The maximum absolute atomic E-state index is 13.6. The summed E-state index contributed by atoms with van der Waals surface area (Å²) in [5.41, 5.74) is 4.87. The molecule has 1 aromatic heterocycles. The summed E-state index contributed by atoms with van der Waals surface area (Å²) in [6.07, 6.45) is 0.366. The fourth-order valence-corrected chi connectivity index (χ4v) is 3.99. The molecule has 0 aliphatic rings. The molecule has 0 aliphatic heterocycles. The molecule has 1 atom stereocenters. The van der Waals surface area contributed by atoms with Crippen LogP contribution in [0.5, 0.6) is 0 Å². The summed E-state index contributed by atoms with van der Waals surface area (Å²) >= 11 is 0. The molecule has 3 aromatic carbocycles. The zero-order valence-electron chi connectivity index (χ0n) is 20.2. The third kappa shape index (κ3) is 5.49. The molecule has 0 spiro atoms. The summed E-state index contributed by atoms with van der Waals surface area (Å²) in [7, 11) is 0. The van der Waals surface area contributed by atoms with Crippen molar-refractivity contribution in [2.75, 3.05) is 6.61 Å². The first-order chi connectivity index (χ1) is 17.0. The quantitative estimate of drug-likeness (QED) is 0.299. The number of nitrogens with one attached hydrogen (secondary N) is 1. The van der Waals surface area contributed by atoms with Gasteiger partial charge in [-0.1, -0.05) is 78.4 Å². The predicted octanol–water partition coefficient (Wildman–Crippen LogP) is 4.79. The SMILES string of the molecule is CCOC(=O)[C@@H](Cc1ccccc1)N=C(c1ccc(C)cc1)c1c(C)[nH]n(-c2ccccc2)c1=O. The summed E-state index contributed by atoms with van der Waals surface area (Å²) in [4.78, 5) is 31.5. The minimum Gasteiger partial charge on any atom is -0.464 e. The molecule has 4 aromatic rings. The fraction of sp³-hybridized carbons (Fsp3) is 0.207. The van der Waals surface area contributed by atoms with Gasteiger partial charge < -0.3 is 4.74 Å². The van der Waals surface area contributed by atoms with Gasteiger partial charge in [0, 0.05) is 17.7 Å². The van der Waals surface area contributed by atoms with E-state index in [0.29, 0.717) is 23.4 Å². The number of ether oxygens (including phenoxy) is 1. The second-order valence-electron chi connectivity index (χ2n) is 8.39. The molecule has 0 radical (unpaired) electrons. The lowest BCUT2D eigenvalue weighted by Crippen LogP contribution is -2.28. The van der Waals surface area contributed by atoms with Crippen LogP contribution in [0.3, 0.4) is 0 Å². The predicted molar refractivity (Wildman–Crippen MR) is 139 cm³/mol. The van der Waals surface area contributed by atoms with E-state index in [9.17, 15) is 9.59 Å². The highest BCUT2D eigenvalue weighted by atomic mass is 16.5. The number of aromatic nitrogens is 2. The number of aryl methyl sites for hydroxylation is 2. The Balaban J connectivity index is 1.89. The van der Waals surface area contributed by atoms with Crippen molar-refractivity contribution in [1.29, 1.82) is 0 Å². The Morgan fingerprint density at radius 1 is 0.943 bits per heavy atom. The van der Waals surface area contributed by atoms with Gasteiger partial charge in [-0.15, -0.1) is 0 Å². The van der Waals surface area contributed by atoms with E-state index in [2.05, 4.69) is 5.10 Å². The van der Waals surface area contributed by atoms with Crippen molar-refractivity contribution < 1.29 is 9.53 Å². The van der Waals surface area contributed by atoms with E-state index in [0.717, 1.165) is 22.4 Å². The van der Waals surface area contributed by atoms with E-state index in [-0.39, 0.29) is 12.2 Å². The van der Waals surface area contributed by atoms with Crippen molar-refractivity contribution in [1.82, 2.24) is 9.78 Å². The second-order valence-corrected chi connectivity index (χ2v) is 8.39. The Morgan fingerprint density at radius 3 is 2.20 bits per heavy atom. The van der Waals surface area contributed by atoms with Gasteiger partial charge in [-0.25, -0.2) is 9.48 Å². The number of esters is 1. The van der Waals surface area contributed by atoms with E-state index < -0.39 is 12.0 Å². The van der Waals surface area contributed by atoms with Gasteiger partial charge in [0.05, 0.1) is 23.6 Å². The molecular weight excluding hydrogens is 438 g/mol. The van der Waals surface area contributed by atoms with Crippen LogP contribution in [0.1, 0.15) is 34.9 Å². The van der Waals surface area contributed by atoms with Crippen molar-refractivity contribution in [2.45, 2.75) is 33.2 Å². The Bertz CT molecular complexity index is 1370. The molecule has 0 bridgehead atoms. The zero-order chi connectivity index (χ0) is 24.8. The number of aliphatic imine (C=N–C) groups is 1. The fourth-order valence-electron chi connectivity index (χ4n) is 3.99. The Labute approximate surface area is 204 Å². The van der Waals surface area contributed by atoms with Crippen LogP contribution in [0.4, 0.5) is 0 Å². The average Bonchev–Trinajstić information content (AvgIpc) is 3.17. The van der Waals surface area contributed by atoms with Crippen molar-refractivity contribution in [3.63, 3.8) is 0 Å². The van der Waals surface area contributed by atoms with Gasteiger partial charge in [0.1, 0.15) is 0 Å². The van der Waals surface area contributed by atoms with Gasteiger partial charge >= 0.3 is 5.97 Å². The molecule has 0 fully saturated rings. The lowest BCUT2D eigenvalue weighted by Gasteiger charge is -2.15. The van der Waals surface area contributed by atoms with Crippen LogP contribution in [0.15, 0.2) is 94.7 Å². The summed E-state index contributed by atoms with van der Waals surface area (Å²) in [6, 6.07) is 26.1. The number of nitrogens with zero attached hydrogens (tertiary/aromatic N) is 2. The molecule has 1 N–H and O–H groups in total. The monoisotopic (exact) mass is 467 g/mol. The maximum atomic E-state index is 13.6. The van der Waals surface area contributed by atoms with Gasteiger partial charge in [0.2, 0.25) is 0 Å². The van der Waals surface area contributed by atoms with Crippen molar-refractivity contribution in [3.8, 4) is 5.69 Å². The highest BCUT2D eigenvalue weighted by Gasteiger charge is 2.25. The summed E-state index contributed by atoms with van der Waals surface area (Å²) in [5, 5.41) is 3.18. The van der Waals surface area contributed by atoms with Crippen LogP contribution in [-0.2, 0) is 16.0 Å². The first kappa shape index (κ1) is 24.0. The molecule has 0 saturated carbocycles. The third-order valence-electron chi connectivity index (χ3n) is 5.76. The van der Waals surface area contributed by atoms with Crippen LogP contribution >= 0.6 is 0 Å². The van der Waals surface area contributed by atoms with E-state index in [1.165, 1.54) is 4.68 Å². The first-order valence-electron chi connectivity index (χ1n) is 11.7. The van der Waals surface area contributed by atoms with Crippen molar-refractivity contribution in [2.24, 2.45) is 4.99 Å². The number of para-hydroxylation sites is 1. The van der Waals surface area contributed by atoms with Gasteiger partial charge in [0.15, 0.2) is 6.04 Å². The highest BCUT2D eigenvalue weighted by Crippen LogP contribution is 2.17. The number of benzene rings is 3. The highest BCUT2D eigenvalue weighted by molar-refractivity contribution is 6.14. The Morgan fingerprint density at radius 2 is 1.57 bits per heavy atom. The smallest absolute Gasteiger partial charge is 0.331 e. The minimum absolute atomic E-state index is 0.227. The van der Waals surface area contributed by atoms with Crippen LogP contribution in [0, 0.1) is 13.8 Å². The molecule has 178 valence electrons. The lowest BCUT2D eigenvalue weighted by molar-refractivity contribution is -0.144. The topological polar surface area (TPSA) is 76.4 Å². The van der Waals surface area contributed by atoms with Crippen LogP contribution < -0.4 is 5.56 Å². The molecule has 4 rings (SSSR count). The van der Waals surface area contributed by atoms with Gasteiger partial charge in [-0.2, -0.15) is 0 Å². The number of carbonyl (C=O) groups excluding carboxylic acids is 1. The number of rotatable bonds is 8. The van der Waals surface area contributed by atoms with Crippen molar-refractivity contribution in [3.05, 3.63) is 123 Å². The molecule has 0 unspecified atom stereocenters. The summed E-state index contributed by atoms with van der Waals surface area (Å²) in [5.74, 6) is -0.419. The van der Waals surface area contributed by atoms with Gasteiger partial charge in [-0.3, -0.25) is 14.9 Å². The average molecular weight is 468 g/mol. The molecule has 0 aliphatic carbocycles. The third-order valence-corrected chi connectivity index (χ3v) is 5.76. The van der Waals surface area contributed by atoms with Crippen LogP contribution in [0.2, 0.25) is 0 Å². The molecular formula is C29H29N3O3. The summed E-state index contributed by atoms with van der Waals surface area (Å²) in [6.45, 7) is 5.87. The molecule has 35 heavy (non-hydrogen) atoms. The number of aromatic amines is 1. The Kier molecular flexibility index (Phi) is 7.41. The van der Waals surface area contributed by atoms with E-state index in [1.54, 1.807) is 6.92 Å². The molecule has 1 heterocycles. The van der Waals surface area contributed by atoms with Gasteiger partial charge in [0.25, 0.3) is 5.56 Å². The van der Waals surface area contributed by atoms with Gasteiger partial charge in [-0.05, 0) is 38.5 Å². The normalized spacial score (nSPS) is 12.4. The van der Waals surface area contributed by atoms with Crippen molar-refractivity contribution >= 4 is 11.7 Å². The number of H-pyrrole nitrogens is 1. The van der Waals surface area contributed by atoms with E-state index in [1.807, 2.05) is 98.8 Å². The van der Waals surface area contributed by atoms with Crippen LogP contribution in [-0.4, -0.2) is 34.1 Å². The second kappa shape index (κ2) is 10.8. The molecule has 0 amide bonds. The standard InChI is InChI=1S/C29H29N3O3/c1-4-35-29(34)25(19-22-11-7-5-8-12-22)30-27(23-17-15-20(2)16-18-23)26-21(3)31-32(28(26)33)24-13-9-6-10-14-24/h5-18,25,31H,4,19H2,1-3H3/t25-/m1/s1. The lowest BCUT2D eigenvalue weighted by atomic mass is 10.00. The molecule has 6 heteroatoms. The first-order valence-corrected chi connectivity index (χ1v) is 11.7. The largest absolute Gasteiger partial charge is 0.464 e. The van der Waals surface area contributed by atoms with E-state index in [4.69, 9.17) is 9.73 Å².